The zero-order valence-corrected chi connectivity index (χ0v) is 14.5. The van der Waals surface area contributed by atoms with Crippen LogP contribution in [0.15, 0.2) is 37.4 Å². The van der Waals surface area contributed by atoms with Crippen molar-refractivity contribution in [3.05, 3.63) is 65.7 Å². The van der Waals surface area contributed by atoms with Crippen LogP contribution in [0.5, 0.6) is 0 Å². The third-order valence-electron chi connectivity index (χ3n) is 4.85. The Morgan fingerprint density at radius 1 is 1.19 bits per heavy atom. The molecule has 0 saturated carbocycles. The Kier molecular flexibility index (Phi) is 3.48. The van der Waals surface area contributed by atoms with Crippen molar-refractivity contribution in [3.8, 4) is 0 Å². The highest BCUT2D eigenvalue weighted by Gasteiger charge is 2.43. The number of carbonyl (C=O) groups is 1. The molecule has 0 unspecified atom stereocenters. The maximum atomic E-state index is 12.7. The number of nitrogens with zero attached hydrogens (tertiary/aromatic N) is 1. The maximum Gasteiger partial charge on any atom is 0.433 e. The van der Waals surface area contributed by atoms with E-state index in [2.05, 4.69) is 15.3 Å². The number of hydrogen-bond donors (Lipinski definition) is 3. The number of fused-ring (bicyclic) bond motifs is 1. The number of ketones is 1. The van der Waals surface area contributed by atoms with E-state index in [1.807, 2.05) is 13.8 Å². The van der Waals surface area contributed by atoms with Gasteiger partial charge < -0.3 is 9.73 Å². The monoisotopic (exact) mass is 372 g/mol. The minimum atomic E-state index is -0.811. The first kappa shape index (κ1) is 17.0. The highest BCUT2D eigenvalue weighted by molar-refractivity contribution is 6.01. The van der Waals surface area contributed by atoms with Gasteiger partial charge in [-0.2, -0.15) is 0 Å². The second-order valence-electron chi connectivity index (χ2n) is 7.53. The van der Waals surface area contributed by atoms with E-state index >= 15 is 0 Å². The molecule has 3 heterocycles. The number of aromatic amines is 2. The Labute approximate surface area is 151 Å². The number of aromatic nitrogens is 2. The molecule has 0 spiro atoms. The zero-order valence-electron chi connectivity index (χ0n) is 14.5. The van der Waals surface area contributed by atoms with E-state index < -0.39 is 28.0 Å². The number of hydrogen-bond acceptors (Lipinski definition) is 7. The van der Waals surface area contributed by atoms with Gasteiger partial charge in [0.15, 0.2) is 5.78 Å². The number of anilines is 1. The first-order valence-corrected chi connectivity index (χ1v) is 8.30. The summed E-state index contributed by atoms with van der Waals surface area (Å²) in [6.45, 7) is 3.87. The molecular weight excluding hydrogens is 356 g/mol. The summed E-state index contributed by atoms with van der Waals surface area (Å²) < 4.78 is 5.36. The van der Waals surface area contributed by atoms with E-state index in [0.717, 1.165) is 0 Å². The maximum absolute atomic E-state index is 12.7. The molecule has 0 saturated heterocycles. The normalized spacial score (nSPS) is 20.7. The number of allylic oxidation sites excluding steroid dienone is 2. The number of H-pyrrole nitrogens is 2. The van der Waals surface area contributed by atoms with Crippen LogP contribution >= 0.6 is 0 Å². The highest BCUT2D eigenvalue weighted by Crippen LogP contribution is 2.48. The molecular formula is C17H16N4O6. The van der Waals surface area contributed by atoms with E-state index in [1.54, 1.807) is 0 Å². The quantitative estimate of drug-likeness (QED) is 0.536. The van der Waals surface area contributed by atoms with Gasteiger partial charge in [0.1, 0.15) is 16.5 Å². The standard InChI is InChI=1S/C17H16N4O6/c1-17(2)5-7-11(9-3-4-10(27-9)21(25)26)12-14(18-13(7)8(22)6-17)19-16(24)20-15(12)23/h3-4,11H,5-6H2,1-2H3,(H3,18,19,20,23,24)/t11-/m0/s1. The van der Waals surface area contributed by atoms with E-state index in [1.165, 1.54) is 12.1 Å². The molecule has 0 amide bonds. The summed E-state index contributed by atoms with van der Waals surface area (Å²) in [4.78, 5) is 51.9. The number of Topliss-reactive ketones (excluding diaryl/α,β-unsaturated/α-hetero) is 1. The van der Waals surface area contributed by atoms with Crippen LogP contribution < -0.4 is 16.6 Å². The molecule has 0 aromatic carbocycles. The number of carbonyl (C=O) groups excluding carboxylic acids is 1. The lowest BCUT2D eigenvalue weighted by Gasteiger charge is -2.38. The summed E-state index contributed by atoms with van der Waals surface area (Å²) in [5, 5.41) is 13.9. The summed E-state index contributed by atoms with van der Waals surface area (Å²) in [5.41, 5.74) is -0.641. The van der Waals surface area contributed by atoms with Gasteiger partial charge in [0, 0.05) is 6.42 Å². The van der Waals surface area contributed by atoms with Crippen molar-refractivity contribution in [1.82, 2.24) is 9.97 Å². The van der Waals surface area contributed by atoms with Crippen LogP contribution in [-0.2, 0) is 4.79 Å². The first-order valence-electron chi connectivity index (χ1n) is 8.30. The minimum Gasteiger partial charge on any atom is -0.405 e. The van der Waals surface area contributed by atoms with E-state index in [9.17, 15) is 24.5 Å². The predicted octanol–water partition coefficient (Wildman–Crippen LogP) is 1.76. The number of furan rings is 1. The first-order chi connectivity index (χ1) is 12.7. The van der Waals surface area contributed by atoms with Crippen molar-refractivity contribution in [2.75, 3.05) is 5.32 Å². The van der Waals surface area contributed by atoms with Crippen molar-refractivity contribution in [2.45, 2.75) is 32.6 Å². The lowest BCUT2D eigenvalue weighted by Crippen LogP contribution is -2.38. The molecule has 140 valence electrons. The minimum absolute atomic E-state index is 0.0969. The van der Waals surface area contributed by atoms with E-state index in [4.69, 9.17) is 4.42 Å². The Morgan fingerprint density at radius 2 is 1.93 bits per heavy atom. The fourth-order valence-corrected chi connectivity index (χ4v) is 3.84. The molecule has 0 bridgehead atoms. The molecule has 27 heavy (non-hydrogen) atoms. The fourth-order valence-electron chi connectivity index (χ4n) is 3.84. The van der Waals surface area contributed by atoms with Gasteiger partial charge in [0.2, 0.25) is 0 Å². The number of nitro groups is 1. The summed E-state index contributed by atoms with van der Waals surface area (Å²) >= 11 is 0. The highest BCUT2D eigenvalue weighted by atomic mass is 16.6. The van der Waals surface area contributed by atoms with Crippen LogP contribution in [0.25, 0.3) is 0 Å². The molecule has 1 aliphatic carbocycles. The Balaban J connectivity index is 1.99. The van der Waals surface area contributed by atoms with Gasteiger partial charge in [-0.15, -0.1) is 0 Å². The van der Waals surface area contributed by atoms with E-state index in [0.29, 0.717) is 24.1 Å². The summed E-state index contributed by atoms with van der Waals surface area (Å²) in [6.07, 6.45) is 0.783. The van der Waals surface area contributed by atoms with Gasteiger partial charge in [-0.3, -0.25) is 29.7 Å². The van der Waals surface area contributed by atoms with Gasteiger partial charge in [0.05, 0.1) is 23.2 Å². The van der Waals surface area contributed by atoms with Crippen LogP contribution in [0.4, 0.5) is 11.7 Å². The molecule has 1 aliphatic heterocycles. The smallest absolute Gasteiger partial charge is 0.405 e. The molecule has 0 radical (unpaired) electrons. The van der Waals surface area contributed by atoms with Crippen LogP contribution in [0.1, 0.15) is 43.9 Å². The molecule has 10 heteroatoms. The number of nitrogens with one attached hydrogen (secondary N) is 3. The lowest BCUT2D eigenvalue weighted by atomic mass is 9.69. The molecule has 4 rings (SSSR count). The van der Waals surface area contributed by atoms with Crippen molar-refractivity contribution in [3.63, 3.8) is 0 Å². The van der Waals surface area contributed by atoms with Crippen LogP contribution in [0, 0.1) is 15.5 Å². The molecule has 2 aromatic heterocycles. The molecule has 10 nitrogen and oxygen atoms in total. The average molecular weight is 372 g/mol. The van der Waals surface area contributed by atoms with Gasteiger partial charge in [-0.05, 0) is 23.5 Å². The topological polar surface area (TPSA) is 151 Å². The largest absolute Gasteiger partial charge is 0.433 e. The summed E-state index contributed by atoms with van der Waals surface area (Å²) in [7, 11) is 0. The Hall–Kier alpha value is -3.43. The average Bonchev–Trinajstić information content (AvgIpc) is 3.02. The third-order valence-corrected chi connectivity index (χ3v) is 4.85. The zero-order chi connectivity index (χ0) is 19.5. The summed E-state index contributed by atoms with van der Waals surface area (Å²) in [5.74, 6) is -1.16. The summed E-state index contributed by atoms with van der Waals surface area (Å²) in [6, 6.07) is 2.62. The molecule has 2 aromatic rings. The Morgan fingerprint density at radius 3 is 2.59 bits per heavy atom. The molecule has 2 aliphatic rings. The molecule has 0 fully saturated rings. The van der Waals surface area contributed by atoms with Crippen LogP contribution in [0.2, 0.25) is 0 Å². The van der Waals surface area contributed by atoms with Gasteiger partial charge in [-0.1, -0.05) is 13.8 Å². The SMILES string of the molecule is CC1(C)CC(=O)C2=C(C1)[C@@H](c1ccc([N+](=O)[O-])o1)c1c([nH]c(=O)[nH]c1=O)N2. The van der Waals surface area contributed by atoms with Crippen molar-refractivity contribution >= 4 is 17.5 Å². The van der Waals surface area contributed by atoms with Crippen molar-refractivity contribution in [2.24, 2.45) is 5.41 Å². The number of rotatable bonds is 2. The van der Waals surface area contributed by atoms with E-state index in [-0.39, 0.29) is 28.3 Å². The van der Waals surface area contributed by atoms with Gasteiger partial charge in [-0.25, -0.2) is 4.79 Å². The third kappa shape index (κ3) is 2.69. The molecule has 1 atom stereocenters. The van der Waals surface area contributed by atoms with Crippen LogP contribution in [0.3, 0.4) is 0 Å². The van der Waals surface area contributed by atoms with Gasteiger partial charge >= 0.3 is 11.6 Å². The fraction of sp³-hybridized carbons (Fsp3) is 0.353. The van der Waals surface area contributed by atoms with Gasteiger partial charge in [0.25, 0.3) is 5.56 Å². The van der Waals surface area contributed by atoms with Crippen LogP contribution in [-0.4, -0.2) is 20.7 Å². The predicted molar refractivity (Wildman–Crippen MR) is 93.6 cm³/mol. The van der Waals surface area contributed by atoms with Crippen molar-refractivity contribution < 1.29 is 14.1 Å². The molecule has 3 N–H and O–H groups in total. The second kappa shape index (κ2) is 5.53. The van der Waals surface area contributed by atoms with Crippen molar-refractivity contribution in [1.29, 1.82) is 0 Å². The second-order valence-corrected chi connectivity index (χ2v) is 7.53. The Bertz CT molecular complexity index is 1130. The lowest BCUT2D eigenvalue weighted by molar-refractivity contribution is -0.402.